The van der Waals surface area contributed by atoms with E-state index < -0.39 is 18.9 Å². The molecule has 2 heterocycles. The van der Waals surface area contributed by atoms with Crippen molar-refractivity contribution in [1.29, 1.82) is 0 Å². The van der Waals surface area contributed by atoms with Crippen molar-refractivity contribution in [3.05, 3.63) is 16.5 Å². The lowest BCUT2D eigenvalue weighted by Gasteiger charge is -2.37. The average molecular weight is 355 g/mol. The van der Waals surface area contributed by atoms with Gasteiger partial charge >= 0.3 is 12.3 Å². The second-order valence-corrected chi connectivity index (χ2v) is 5.90. The van der Waals surface area contributed by atoms with Gasteiger partial charge in [-0.2, -0.15) is 8.78 Å². The molecule has 4 nitrogen and oxygen atoms in total. The molecule has 1 aromatic heterocycles. The van der Waals surface area contributed by atoms with Crippen LogP contribution in [-0.2, 0) is 6.42 Å². The number of halogens is 5. The SMILES string of the molecule is CCc1c(Cl)nc(C)nc1N1CCN(CC(F)(F)C(F)F)CC1. The fourth-order valence-electron chi connectivity index (χ4n) is 2.60. The van der Waals surface area contributed by atoms with Crippen molar-refractivity contribution in [2.45, 2.75) is 32.6 Å². The highest BCUT2D eigenvalue weighted by molar-refractivity contribution is 6.30. The highest BCUT2D eigenvalue weighted by Gasteiger charge is 2.42. The van der Waals surface area contributed by atoms with Gasteiger partial charge in [0.15, 0.2) is 0 Å². The third kappa shape index (κ3) is 4.23. The van der Waals surface area contributed by atoms with E-state index >= 15 is 0 Å². The summed E-state index contributed by atoms with van der Waals surface area (Å²) in [6, 6.07) is 0. The number of piperazine rings is 1. The number of nitrogens with zero attached hydrogens (tertiary/aromatic N) is 4. The van der Waals surface area contributed by atoms with Gasteiger partial charge in [-0.25, -0.2) is 18.7 Å². The predicted octanol–water partition coefficient (Wildman–Crippen LogP) is 3.02. The summed E-state index contributed by atoms with van der Waals surface area (Å²) in [5.74, 6) is -2.75. The summed E-state index contributed by atoms with van der Waals surface area (Å²) in [5, 5.41) is 0.390. The second-order valence-electron chi connectivity index (χ2n) is 5.54. The van der Waals surface area contributed by atoms with Crippen LogP contribution in [0.1, 0.15) is 18.3 Å². The van der Waals surface area contributed by atoms with Crippen LogP contribution in [0, 0.1) is 6.92 Å². The maximum atomic E-state index is 13.1. The molecule has 0 atom stereocenters. The van der Waals surface area contributed by atoms with E-state index in [1.165, 1.54) is 4.90 Å². The Bertz CT molecular complexity index is 548. The fourth-order valence-corrected chi connectivity index (χ4v) is 2.94. The average Bonchev–Trinajstić information content (AvgIpc) is 2.46. The molecule has 0 bridgehead atoms. The van der Waals surface area contributed by atoms with Crippen LogP contribution < -0.4 is 4.90 Å². The minimum absolute atomic E-state index is 0.270. The summed E-state index contributed by atoms with van der Waals surface area (Å²) in [6.07, 6.45) is -2.99. The molecule has 0 aromatic carbocycles. The Labute approximate surface area is 137 Å². The molecule has 0 spiro atoms. The van der Waals surface area contributed by atoms with Crippen molar-refractivity contribution >= 4 is 17.4 Å². The Balaban J connectivity index is 2.05. The molecular weight excluding hydrogens is 336 g/mol. The van der Waals surface area contributed by atoms with Crippen LogP contribution in [0.2, 0.25) is 5.15 Å². The molecule has 1 saturated heterocycles. The zero-order chi connectivity index (χ0) is 17.2. The molecular formula is C14H19ClF4N4. The minimum atomic E-state index is -3.98. The van der Waals surface area contributed by atoms with E-state index in [2.05, 4.69) is 9.97 Å². The van der Waals surface area contributed by atoms with Crippen molar-refractivity contribution in [2.75, 3.05) is 37.6 Å². The van der Waals surface area contributed by atoms with Gasteiger partial charge in [0.05, 0.1) is 6.54 Å². The number of aryl methyl sites for hydroxylation is 1. The largest absolute Gasteiger partial charge is 0.354 e. The second kappa shape index (κ2) is 7.17. The van der Waals surface area contributed by atoms with Crippen molar-refractivity contribution in [2.24, 2.45) is 0 Å². The standard InChI is InChI=1S/C14H19ClF4N4/c1-3-10-11(15)20-9(2)21-12(10)23-6-4-22(5-7-23)8-14(18,19)13(16)17/h13H,3-8H2,1-2H3. The summed E-state index contributed by atoms with van der Waals surface area (Å²) in [5.41, 5.74) is 0.809. The maximum Gasteiger partial charge on any atom is 0.319 e. The fraction of sp³-hybridized carbons (Fsp3) is 0.714. The Kier molecular flexibility index (Phi) is 5.67. The van der Waals surface area contributed by atoms with Crippen LogP contribution in [0.5, 0.6) is 0 Å². The Hall–Kier alpha value is -1.15. The Morgan fingerprint density at radius 2 is 1.78 bits per heavy atom. The molecule has 1 fully saturated rings. The van der Waals surface area contributed by atoms with Gasteiger partial charge in [-0.05, 0) is 13.3 Å². The third-order valence-electron chi connectivity index (χ3n) is 3.83. The third-order valence-corrected chi connectivity index (χ3v) is 4.14. The van der Waals surface area contributed by atoms with Gasteiger partial charge in [-0.3, -0.25) is 4.90 Å². The molecule has 1 aromatic rings. The molecule has 130 valence electrons. The van der Waals surface area contributed by atoms with Gasteiger partial charge < -0.3 is 4.90 Å². The first-order valence-corrected chi connectivity index (χ1v) is 7.78. The molecule has 0 saturated carbocycles. The van der Waals surface area contributed by atoms with E-state index in [1.807, 2.05) is 11.8 Å². The van der Waals surface area contributed by atoms with Gasteiger partial charge in [-0.1, -0.05) is 18.5 Å². The van der Waals surface area contributed by atoms with E-state index in [0.717, 1.165) is 5.56 Å². The normalized spacial score (nSPS) is 17.1. The molecule has 2 rings (SSSR count). The first kappa shape index (κ1) is 18.2. The Morgan fingerprint density at radius 3 is 2.30 bits per heavy atom. The molecule has 0 amide bonds. The number of hydrogen-bond acceptors (Lipinski definition) is 4. The van der Waals surface area contributed by atoms with Crippen LogP contribution in [0.25, 0.3) is 0 Å². The van der Waals surface area contributed by atoms with E-state index in [1.54, 1.807) is 6.92 Å². The lowest BCUT2D eigenvalue weighted by Crippen LogP contribution is -2.51. The van der Waals surface area contributed by atoms with Crippen LogP contribution in [0.4, 0.5) is 23.4 Å². The summed E-state index contributed by atoms with van der Waals surface area (Å²) in [7, 11) is 0. The Morgan fingerprint density at radius 1 is 1.17 bits per heavy atom. The van der Waals surface area contributed by atoms with Crippen molar-refractivity contribution < 1.29 is 17.6 Å². The molecule has 0 radical (unpaired) electrons. The smallest absolute Gasteiger partial charge is 0.319 e. The number of aromatic nitrogens is 2. The van der Waals surface area contributed by atoms with Gasteiger partial charge in [0.25, 0.3) is 0 Å². The molecule has 1 aliphatic heterocycles. The van der Waals surface area contributed by atoms with Crippen LogP contribution in [0.3, 0.4) is 0 Å². The van der Waals surface area contributed by atoms with Crippen molar-refractivity contribution in [1.82, 2.24) is 14.9 Å². The molecule has 0 N–H and O–H groups in total. The lowest BCUT2D eigenvalue weighted by atomic mass is 10.2. The zero-order valence-electron chi connectivity index (χ0n) is 13.0. The van der Waals surface area contributed by atoms with Gasteiger partial charge in [0.1, 0.15) is 16.8 Å². The first-order chi connectivity index (χ1) is 10.7. The molecule has 0 aliphatic carbocycles. The number of alkyl halides is 4. The van der Waals surface area contributed by atoms with Crippen molar-refractivity contribution in [3.63, 3.8) is 0 Å². The summed E-state index contributed by atoms with van der Waals surface area (Å²) < 4.78 is 50.8. The summed E-state index contributed by atoms with van der Waals surface area (Å²) >= 11 is 6.13. The van der Waals surface area contributed by atoms with E-state index in [4.69, 9.17) is 11.6 Å². The molecule has 23 heavy (non-hydrogen) atoms. The van der Waals surface area contributed by atoms with Gasteiger partial charge in [0, 0.05) is 31.7 Å². The van der Waals surface area contributed by atoms with Gasteiger partial charge in [0.2, 0.25) is 0 Å². The number of rotatable bonds is 5. The molecule has 1 aliphatic rings. The van der Waals surface area contributed by atoms with E-state index in [9.17, 15) is 17.6 Å². The predicted molar refractivity (Wildman–Crippen MR) is 80.8 cm³/mol. The van der Waals surface area contributed by atoms with Crippen LogP contribution in [0.15, 0.2) is 0 Å². The quantitative estimate of drug-likeness (QED) is 0.601. The van der Waals surface area contributed by atoms with Crippen LogP contribution in [-0.4, -0.2) is 59.9 Å². The molecule has 9 heteroatoms. The highest BCUT2D eigenvalue weighted by atomic mass is 35.5. The first-order valence-electron chi connectivity index (χ1n) is 7.41. The zero-order valence-corrected chi connectivity index (χ0v) is 13.8. The highest BCUT2D eigenvalue weighted by Crippen LogP contribution is 2.28. The topological polar surface area (TPSA) is 32.3 Å². The lowest BCUT2D eigenvalue weighted by molar-refractivity contribution is -0.142. The monoisotopic (exact) mass is 354 g/mol. The van der Waals surface area contributed by atoms with Gasteiger partial charge in [-0.15, -0.1) is 0 Å². The van der Waals surface area contributed by atoms with E-state index in [-0.39, 0.29) is 13.1 Å². The van der Waals surface area contributed by atoms with Crippen molar-refractivity contribution in [3.8, 4) is 0 Å². The minimum Gasteiger partial charge on any atom is -0.354 e. The van der Waals surface area contributed by atoms with Crippen LogP contribution >= 0.6 is 11.6 Å². The molecule has 0 unspecified atom stereocenters. The summed E-state index contributed by atoms with van der Waals surface area (Å²) in [6.45, 7) is 4.14. The number of anilines is 1. The maximum absolute atomic E-state index is 13.1. The number of hydrogen-bond donors (Lipinski definition) is 0. The summed E-state index contributed by atoms with van der Waals surface area (Å²) in [4.78, 5) is 11.8. The van der Waals surface area contributed by atoms with E-state index in [0.29, 0.717) is 36.3 Å².